The van der Waals surface area contributed by atoms with Crippen LogP contribution in [0.5, 0.6) is 0 Å². The number of nitrogens with zero attached hydrogens (tertiary/aromatic N) is 1. The van der Waals surface area contributed by atoms with Crippen molar-refractivity contribution in [2.75, 3.05) is 19.0 Å². The van der Waals surface area contributed by atoms with Crippen molar-refractivity contribution >= 4 is 26.6 Å². The lowest BCUT2D eigenvalue weighted by molar-refractivity contribution is 0.229. The maximum Gasteiger partial charge on any atom is 0.297 e. The van der Waals surface area contributed by atoms with Crippen molar-refractivity contribution in [2.24, 2.45) is 0 Å². The second-order valence-corrected chi connectivity index (χ2v) is 8.11. The number of hydrogen-bond acceptors (Lipinski definition) is 4. The Balaban J connectivity index is 1.93. The number of fused-ring (bicyclic) bond motifs is 1. The SMILES string of the molecule is CC(Cc1ccccc1)OS(=O)(=O)c1cccc2c(N(C)C)cccc12. The summed E-state index contributed by atoms with van der Waals surface area (Å²) in [6, 6.07) is 20.7. The van der Waals surface area contributed by atoms with Gasteiger partial charge in [0.25, 0.3) is 10.1 Å². The van der Waals surface area contributed by atoms with Crippen LogP contribution in [0.3, 0.4) is 0 Å². The van der Waals surface area contributed by atoms with Crippen LogP contribution in [0.25, 0.3) is 10.8 Å². The van der Waals surface area contributed by atoms with Gasteiger partial charge >= 0.3 is 0 Å². The van der Waals surface area contributed by atoms with E-state index in [4.69, 9.17) is 4.18 Å². The molecule has 0 N–H and O–H groups in total. The molecule has 0 aliphatic rings. The van der Waals surface area contributed by atoms with Gasteiger partial charge in [-0.3, -0.25) is 4.18 Å². The number of anilines is 1. The molecule has 0 aromatic heterocycles. The first-order valence-corrected chi connectivity index (χ1v) is 9.95. The first-order chi connectivity index (χ1) is 12.4. The second-order valence-electron chi connectivity index (χ2n) is 6.57. The normalized spacial score (nSPS) is 12.9. The van der Waals surface area contributed by atoms with Crippen LogP contribution in [0.1, 0.15) is 12.5 Å². The Morgan fingerprint density at radius 3 is 2.23 bits per heavy atom. The van der Waals surface area contributed by atoms with Gasteiger partial charge < -0.3 is 4.90 Å². The third-order valence-electron chi connectivity index (χ3n) is 4.27. The molecule has 0 aliphatic carbocycles. The molecular formula is C21H23NO3S. The molecule has 0 spiro atoms. The van der Waals surface area contributed by atoms with Crippen LogP contribution < -0.4 is 4.90 Å². The van der Waals surface area contributed by atoms with Crippen molar-refractivity contribution in [2.45, 2.75) is 24.3 Å². The van der Waals surface area contributed by atoms with Gasteiger partial charge in [-0.15, -0.1) is 0 Å². The molecule has 0 heterocycles. The minimum atomic E-state index is -3.87. The molecule has 26 heavy (non-hydrogen) atoms. The van der Waals surface area contributed by atoms with Crippen LogP contribution in [0.15, 0.2) is 71.6 Å². The maximum absolute atomic E-state index is 12.9. The van der Waals surface area contributed by atoms with Crippen molar-refractivity contribution in [1.82, 2.24) is 0 Å². The highest BCUT2D eigenvalue weighted by atomic mass is 32.2. The first-order valence-electron chi connectivity index (χ1n) is 8.55. The van der Waals surface area contributed by atoms with Gasteiger partial charge in [0.05, 0.1) is 6.10 Å². The smallest absolute Gasteiger partial charge is 0.297 e. The molecule has 3 aromatic rings. The Morgan fingerprint density at radius 1 is 0.885 bits per heavy atom. The first kappa shape index (κ1) is 18.4. The van der Waals surface area contributed by atoms with Gasteiger partial charge in [-0.2, -0.15) is 8.42 Å². The predicted molar refractivity (Wildman–Crippen MR) is 106 cm³/mol. The standard InChI is InChI=1S/C21H23NO3S/c1-16(15-17-9-5-4-6-10-17)25-26(23,24)21-14-8-11-18-19(21)12-7-13-20(18)22(2)3/h4-14,16H,15H2,1-3H3. The molecule has 0 aliphatic heterocycles. The fraction of sp³-hybridized carbons (Fsp3) is 0.238. The third-order valence-corrected chi connectivity index (χ3v) is 5.74. The van der Waals surface area contributed by atoms with Gasteiger partial charge in [0.15, 0.2) is 0 Å². The summed E-state index contributed by atoms with van der Waals surface area (Å²) in [7, 11) is 0.0105. The van der Waals surface area contributed by atoms with E-state index in [1.807, 2.05) is 73.6 Å². The molecule has 0 saturated heterocycles. The average Bonchev–Trinajstić information content (AvgIpc) is 2.60. The molecule has 0 bridgehead atoms. The molecule has 4 nitrogen and oxygen atoms in total. The van der Waals surface area contributed by atoms with Crippen LogP contribution in [-0.2, 0) is 20.7 Å². The summed E-state index contributed by atoms with van der Waals surface area (Å²) in [6.07, 6.45) is 0.0861. The van der Waals surface area contributed by atoms with Crippen LogP contribution in [-0.4, -0.2) is 28.6 Å². The molecule has 3 aromatic carbocycles. The molecule has 1 unspecified atom stereocenters. The molecule has 1 atom stereocenters. The fourth-order valence-corrected chi connectivity index (χ4v) is 4.42. The number of rotatable bonds is 6. The van der Waals surface area contributed by atoms with Crippen LogP contribution in [0, 0.1) is 0 Å². The maximum atomic E-state index is 12.9. The lowest BCUT2D eigenvalue weighted by Crippen LogP contribution is -2.18. The van der Waals surface area contributed by atoms with E-state index < -0.39 is 16.2 Å². The minimum absolute atomic E-state index is 0.207. The lowest BCUT2D eigenvalue weighted by Gasteiger charge is -2.18. The Morgan fingerprint density at radius 2 is 1.54 bits per heavy atom. The largest absolute Gasteiger partial charge is 0.377 e. The van der Waals surface area contributed by atoms with Crippen molar-refractivity contribution in [3.63, 3.8) is 0 Å². The summed E-state index contributed by atoms with van der Waals surface area (Å²) in [5.74, 6) is 0. The van der Waals surface area contributed by atoms with E-state index in [9.17, 15) is 8.42 Å². The molecule has 136 valence electrons. The Hall–Kier alpha value is -2.37. The summed E-state index contributed by atoms with van der Waals surface area (Å²) >= 11 is 0. The van der Waals surface area contributed by atoms with E-state index in [1.165, 1.54) is 0 Å². The topological polar surface area (TPSA) is 46.6 Å². The summed E-state index contributed by atoms with van der Waals surface area (Å²) in [5, 5.41) is 1.56. The van der Waals surface area contributed by atoms with Gasteiger partial charge in [0.1, 0.15) is 4.90 Å². The van der Waals surface area contributed by atoms with E-state index in [-0.39, 0.29) is 4.90 Å². The zero-order valence-corrected chi connectivity index (χ0v) is 16.0. The molecule has 0 radical (unpaired) electrons. The van der Waals surface area contributed by atoms with Crippen LogP contribution in [0.2, 0.25) is 0 Å². The van der Waals surface area contributed by atoms with Gasteiger partial charge in [-0.05, 0) is 31.0 Å². The molecular weight excluding hydrogens is 346 g/mol. The summed E-state index contributed by atoms with van der Waals surface area (Å²) in [4.78, 5) is 2.18. The third kappa shape index (κ3) is 3.89. The highest BCUT2D eigenvalue weighted by Crippen LogP contribution is 2.31. The summed E-state index contributed by atoms with van der Waals surface area (Å²) in [6.45, 7) is 1.78. The van der Waals surface area contributed by atoms with Crippen molar-refractivity contribution < 1.29 is 12.6 Å². The van der Waals surface area contributed by atoms with E-state index in [1.54, 1.807) is 19.1 Å². The number of benzene rings is 3. The van der Waals surface area contributed by atoms with E-state index >= 15 is 0 Å². The summed E-state index contributed by atoms with van der Waals surface area (Å²) in [5.41, 5.74) is 2.01. The zero-order chi connectivity index (χ0) is 18.7. The molecule has 5 heteroatoms. The van der Waals surface area contributed by atoms with E-state index in [0.717, 1.165) is 16.6 Å². The van der Waals surface area contributed by atoms with Crippen molar-refractivity contribution in [3.05, 3.63) is 72.3 Å². The Kier molecular flexibility index (Phi) is 5.30. The fourth-order valence-electron chi connectivity index (χ4n) is 3.12. The minimum Gasteiger partial charge on any atom is -0.377 e. The lowest BCUT2D eigenvalue weighted by atomic mass is 10.1. The highest BCUT2D eigenvalue weighted by Gasteiger charge is 2.22. The number of hydrogen-bond donors (Lipinski definition) is 0. The predicted octanol–water partition coefficient (Wildman–Crippen LogP) is 4.24. The van der Waals surface area contributed by atoms with Crippen molar-refractivity contribution in [3.8, 4) is 0 Å². The summed E-state index contributed by atoms with van der Waals surface area (Å²) < 4.78 is 31.3. The van der Waals surface area contributed by atoms with Gasteiger partial charge in [0, 0.05) is 30.6 Å². The highest BCUT2D eigenvalue weighted by molar-refractivity contribution is 7.87. The molecule has 0 amide bonds. The van der Waals surface area contributed by atoms with Crippen LogP contribution in [0.4, 0.5) is 5.69 Å². The van der Waals surface area contributed by atoms with E-state index in [0.29, 0.717) is 11.8 Å². The van der Waals surface area contributed by atoms with E-state index in [2.05, 4.69) is 0 Å². The molecule has 3 rings (SSSR count). The van der Waals surface area contributed by atoms with Crippen molar-refractivity contribution in [1.29, 1.82) is 0 Å². The quantitative estimate of drug-likeness (QED) is 0.610. The van der Waals surface area contributed by atoms with Gasteiger partial charge in [-0.1, -0.05) is 54.6 Å². The second kappa shape index (κ2) is 7.48. The average molecular weight is 369 g/mol. The van der Waals surface area contributed by atoms with Gasteiger partial charge in [0.2, 0.25) is 0 Å². The van der Waals surface area contributed by atoms with Crippen LogP contribution >= 0.6 is 0 Å². The Bertz CT molecular complexity index is 998. The van der Waals surface area contributed by atoms with Gasteiger partial charge in [-0.25, -0.2) is 0 Å². The monoisotopic (exact) mass is 369 g/mol. The Labute approximate surface area is 155 Å². The molecule has 0 fully saturated rings. The zero-order valence-electron chi connectivity index (χ0n) is 15.2. The molecule has 0 saturated carbocycles.